The molecule has 6 heteroatoms. The molecule has 1 saturated heterocycles. The van der Waals surface area contributed by atoms with E-state index in [1.54, 1.807) is 28.2 Å². The molecule has 1 aromatic carbocycles. The van der Waals surface area contributed by atoms with E-state index < -0.39 is 10.0 Å². The van der Waals surface area contributed by atoms with E-state index in [9.17, 15) is 8.42 Å². The molecule has 0 unspecified atom stereocenters. The molecular weight excluding hydrogens is 292 g/mol. The largest absolute Gasteiger partial charge is 0.252 e. The minimum Gasteiger partial charge on any atom is -0.252 e. The number of hydrogen-bond acceptors (Lipinski definition) is 4. The van der Waals surface area contributed by atoms with Gasteiger partial charge in [0.1, 0.15) is 4.90 Å². The lowest BCUT2D eigenvalue weighted by Gasteiger charge is -2.26. The SMILES string of the molecule is Cc1ccc2cccc(S(=O)(=O)N3CCSCC3)c2n1. The van der Waals surface area contributed by atoms with Gasteiger partial charge < -0.3 is 0 Å². The van der Waals surface area contributed by atoms with E-state index >= 15 is 0 Å². The maximum absolute atomic E-state index is 12.8. The Morgan fingerprint density at radius 3 is 2.65 bits per heavy atom. The first-order chi connectivity index (χ1) is 9.59. The highest BCUT2D eigenvalue weighted by Crippen LogP contribution is 2.26. The number of fused-ring (bicyclic) bond motifs is 1. The third-order valence-electron chi connectivity index (χ3n) is 3.41. The van der Waals surface area contributed by atoms with Crippen LogP contribution in [0.3, 0.4) is 0 Å². The molecule has 0 saturated carbocycles. The van der Waals surface area contributed by atoms with Gasteiger partial charge in [0.15, 0.2) is 0 Å². The summed E-state index contributed by atoms with van der Waals surface area (Å²) < 4.78 is 27.2. The van der Waals surface area contributed by atoms with Gasteiger partial charge in [-0.1, -0.05) is 18.2 Å². The Hall–Kier alpha value is -1.11. The Morgan fingerprint density at radius 1 is 1.15 bits per heavy atom. The van der Waals surface area contributed by atoms with Crippen LogP contribution >= 0.6 is 11.8 Å². The minimum atomic E-state index is -3.45. The van der Waals surface area contributed by atoms with E-state index in [0.717, 1.165) is 22.6 Å². The number of nitrogens with zero attached hydrogens (tertiary/aromatic N) is 2. The van der Waals surface area contributed by atoms with Crippen molar-refractivity contribution in [1.29, 1.82) is 0 Å². The van der Waals surface area contributed by atoms with Gasteiger partial charge in [0, 0.05) is 35.7 Å². The molecule has 0 amide bonds. The topological polar surface area (TPSA) is 50.3 Å². The Morgan fingerprint density at radius 2 is 1.90 bits per heavy atom. The number of pyridine rings is 1. The molecule has 0 bridgehead atoms. The highest BCUT2D eigenvalue weighted by atomic mass is 32.2. The molecule has 1 aliphatic heterocycles. The Labute approximate surface area is 123 Å². The summed E-state index contributed by atoms with van der Waals surface area (Å²) in [7, 11) is -3.45. The lowest BCUT2D eigenvalue weighted by Crippen LogP contribution is -2.38. The van der Waals surface area contributed by atoms with E-state index in [-0.39, 0.29) is 0 Å². The zero-order valence-corrected chi connectivity index (χ0v) is 12.9. The number of thioether (sulfide) groups is 1. The predicted octanol–water partition coefficient (Wildman–Crippen LogP) is 2.28. The van der Waals surface area contributed by atoms with Crippen LogP contribution < -0.4 is 0 Å². The van der Waals surface area contributed by atoms with Crippen molar-refractivity contribution in [3.63, 3.8) is 0 Å². The fraction of sp³-hybridized carbons (Fsp3) is 0.357. The molecule has 0 atom stereocenters. The van der Waals surface area contributed by atoms with Crippen molar-refractivity contribution in [3.8, 4) is 0 Å². The van der Waals surface area contributed by atoms with Crippen LogP contribution in [0.2, 0.25) is 0 Å². The van der Waals surface area contributed by atoms with Crippen LogP contribution in [0.4, 0.5) is 0 Å². The quantitative estimate of drug-likeness (QED) is 0.854. The monoisotopic (exact) mass is 308 g/mol. The summed E-state index contributed by atoms with van der Waals surface area (Å²) in [6, 6.07) is 9.16. The number of benzene rings is 1. The van der Waals surface area contributed by atoms with Gasteiger partial charge in [-0.2, -0.15) is 16.1 Å². The third kappa shape index (κ3) is 2.43. The van der Waals surface area contributed by atoms with Gasteiger partial charge in [0.2, 0.25) is 10.0 Å². The lowest BCUT2D eigenvalue weighted by molar-refractivity contribution is 0.444. The summed E-state index contributed by atoms with van der Waals surface area (Å²) >= 11 is 1.79. The van der Waals surface area contributed by atoms with Crippen LogP contribution in [0.5, 0.6) is 0 Å². The van der Waals surface area contributed by atoms with Crippen LogP contribution in [-0.2, 0) is 10.0 Å². The van der Waals surface area contributed by atoms with Crippen molar-refractivity contribution < 1.29 is 8.42 Å². The van der Waals surface area contributed by atoms with Crippen LogP contribution in [0, 0.1) is 6.92 Å². The van der Waals surface area contributed by atoms with Crippen molar-refractivity contribution in [3.05, 3.63) is 36.0 Å². The third-order valence-corrected chi connectivity index (χ3v) is 6.28. The van der Waals surface area contributed by atoms with Gasteiger partial charge in [-0.15, -0.1) is 0 Å². The number of aryl methyl sites for hydroxylation is 1. The Balaban J connectivity index is 2.15. The average Bonchev–Trinajstić information content (AvgIpc) is 2.47. The summed E-state index contributed by atoms with van der Waals surface area (Å²) in [4.78, 5) is 4.75. The van der Waals surface area contributed by atoms with Gasteiger partial charge in [-0.05, 0) is 19.1 Å². The zero-order valence-electron chi connectivity index (χ0n) is 11.2. The van der Waals surface area contributed by atoms with E-state index in [4.69, 9.17) is 0 Å². The Kier molecular flexibility index (Phi) is 3.70. The normalized spacial score (nSPS) is 17.4. The maximum Gasteiger partial charge on any atom is 0.245 e. The van der Waals surface area contributed by atoms with Crippen molar-refractivity contribution in [2.24, 2.45) is 0 Å². The number of sulfonamides is 1. The van der Waals surface area contributed by atoms with E-state index in [1.807, 2.05) is 25.1 Å². The summed E-state index contributed by atoms with van der Waals surface area (Å²) in [6.45, 7) is 3.03. The first-order valence-electron chi connectivity index (χ1n) is 6.53. The molecule has 1 fully saturated rings. The van der Waals surface area contributed by atoms with Gasteiger partial charge in [-0.25, -0.2) is 8.42 Å². The highest BCUT2D eigenvalue weighted by Gasteiger charge is 2.28. The predicted molar refractivity (Wildman–Crippen MR) is 82.6 cm³/mol. The van der Waals surface area contributed by atoms with E-state index in [0.29, 0.717) is 23.5 Å². The molecule has 20 heavy (non-hydrogen) atoms. The number of hydrogen-bond donors (Lipinski definition) is 0. The number of para-hydroxylation sites is 1. The van der Waals surface area contributed by atoms with Gasteiger partial charge in [0.05, 0.1) is 5.52 Å². The molecule has 1 aromatic heterocycles. The standard InChI is InChI=1S/C14H16N2O2S2/c1-11-5-6-12-3-2-4-13(14(12)15-11)20(17,18)16-7-9-19-10-8-16/h2-6H,7-10H2,1H3. The van der Waals surface area contributed by atoms with Gasteiger partial charge >= 0.3 is 0 Å². The highest BCUT2D eigenvalue weighted by molar-refractivity contribution is 7.99. The molecule has 0 aliphatic carbocycles. The minimum absolute atomic E-state index is 0.325. The summed E-state index contributed by atoms with van der Waals surface area (Å²) in [6.07, 6.45) is 0. The molecule has 106 valence electrons. The van der Waals surface area contributed by atoms with Crippen molar-refractivity contribution in [2.75, 3.05) is 24.6 Å². The second-order valence-corrected chi connectivity index (χ2v) is 7.93. The van der Waals surface area contributed by atoms with Crippen molar-refractivity contribution in [1.82, 2.24) is 9.29 Å². The second kappa shape index (κ2) is 5.35. The Bertz CT molecular complexity index is 738. The molecule has 3 rings (SSSR count). The smallest absolute Gasteiger partial charge is 0.245 e. The molecule has 0 spiro atoms. The average molecular weight is 308 g/mol. The van der Waals surface area contributed by atoms with Gasteiger partial charge in [0.25, 0.3) is 0 Å². The second-order valence-electron chi connectivity index (χ2n) is 4.80. The number of aromatic nitrogens is 1. The summed E-state index contributed by atoms with van der Waals surface area (Å²) in [5.74, 6) is 1.72. The van der Waals surface area contributed by atoms with E-state index in [2.05, 4.69) is 4.98 Å². The van der Waals surface area contributed by atoms with E-state index in [1.165, 1.54) is 0 Å². The van der Waals surface area contributed by atoms with Crippen LogP contribution in [0.15, 0.2) is 35.2 Å². The molecule has 2 aromatic rings. The fourth-order valence-electron chi connectivity index (χ4n) is 2.35. The van der Waals surface area contributed by atoms with Crippen LogP contribution in [0.25, 0.3) is 10.9 Å². The maximum atomic E-state index is 12.8. The zero-order chi connectivity index (χ0) is 14.2. The van der Waals surface area contributed by atoms with Gasteiger partial charge in [-0.3, -0.25) is 4.98 Å². The first-order valence-corrected chi connectivity index (χ1v) is 9.13. The first kappa shape index (κ1) is 13.9. The van der Waals surface area contributed by atoms with Crippen LogP contribution in [0.1, 0.15) is 5.69 Å². The lowest BCUT2D eigenvalue weighted by atomic mass is 10.2. The number of rotatable bonds is 2. The summed E-state index contributed by atoms with van der Waals surface area (Å²) in [5, 5.41) is 0.864. The molecule has 2 heterocycles. The molecule has 1 aliphatic rings. The van der Waals surface area contributed by atoms with Crippen molar-refractivity contribution in [2.45, 2.75) is 11.8 Å². The van der Waals surface area contributed by atoms with Crippen molar-refractivity contribution >= 4 is 32.7 Å². The molecule has 4 nitrogen and oxygen atoms in total. The molecular formula is C14H16N2O2S2. The van der Waals surface area contributed by atoms with Crippen LogP contribution in [-0.4, -0.2) is 42.3 Å². The molecule has 0 radical (unpaired) electrons. The summed E-state index contributed by atoms with van der Waals surface area (Å²) in [5.41, 5.74) is 1.40. The molecule has 0 N–H and O–H groups in total. The fourth-order valence-corrected chi connectivity index (χ4v) is 5.09.